The van der Waals surface area contributed by atoms with Crippen molar-refractivity contribution in [3.63, 3.8) is 0 Å². The van der Waals surface area contributed by atoms with Crippen LogP contribution in [0.2, 0.25) is 0 Å². The van der Waals surface area contributed by atoms with Crippen molar-refractivity contribution in [2.24, 2.45) is 0 Å². The second-order valence-electron chi connectivity index (χ2n) is 6.67. The number of benzene rings is 4. The van der Waals surface area contributed by atoms with Crippen molar-refractivity contribution >= 4 is 33.9 Å². The van der Waals surface area contributed by atoms with Gasteiger partial charge in [-0.15, -0.1) is 0 Å². The van der Waals surface area contributed by atoms with Gasteiger partial charge in [0.25, 0.3) is 0 Å². The molecular formula is C26H18O. The lowest BCUT2D eigenvalue weighted by Gasteiger charge is -2.02. The van der Waals surface area contributed by atoms with Crippen molar-refractivity contribution in [3.05, 3.63) is 108 Å². The first-order valence-corrected chi connectivity index (χ1v) is 9.12. The predicted molar refractivity (Wildman–Crippen MR) is 115 cm³/mol. The fourth-order valence-electron chi connectivity index (χ4n) is 3.46. The molecule has 1 heteroatoms. The van der Waals surface area contributed by atoms with E-state index in [9.17, 15) is 0 Å². The highest BCUT2D eigenvalue weighted by Gasteiger charge is 2.05. The summed E-state index contributed by atoms with van der Waals surface area (Å²) >= 11 is 0. The van der Waals surface area contributed by atoms with Gasteiger partial charge >= 0.3 is 0 Å². The zero-order chi connectivity index (χ0) is 18.1. The molecule has 0 unspecified atom stereocenters. The van der Waals surface area contributed by atoms with Crippen molar-refractivity contribution in [2.75, 3.05) is 0 Å². The van der Waals surface area contributed by atoms with Crippen molar-refractivity contribution in [2.45, 2.75) is 0 Å². The van der Waals surface area contributed by atoms with E-state index in [1.165, 1.54) is 21.9 Å². The normalized spacial score (nSPS) is 11.6. The van der Waals surface area contributed by atoms with Crippen molar-refractivity contribution in [1.82, 2.24) is 0 Å². The summed E-state index contributed by atoms with van der Waals surface area (Å²) in [5.41, 5.74) is 4.41. The summed E-state index contributed by atoms with van der Waals surface area (Å²) in [6.07, 6.45) is 4.34. The molecular weight excluding hydrogens is 328 g/mol. The molecule has 0 bridgehead atoms. The minimum absolute atomic E-state index is 0.904. The monoisotopic (exact) mass is 346 g/mol. The van der Waals surface area contributed by atoms with Crippen molar-refractivity contribution < 1.29 is 4.42 Å². The van der Waals surface area contributed by atoms with Gasteiger partial charge in [-0.1, -0.05) is 97.1 Å². The third-order valence-corrected chi connectivity index (χ3v) is 4.90. The minimum atomic E-state index is 0.904. The first kappa shape index (κ1) is 15.7. The van der Waals surface area contributed by atoms with E-state index < -0.39 is 0 Å². The predicted octanol–water partition coefficient (Wildman–Crippen LogP) is 7.42. The highest BCUT2D eigenvalue weighted by molar-refractivity contribution is 5.92. The van der Waals surface area contributed by atoms with E-state index in [-0.39, 0.29) is 0 Å². The Balaban J connectivity index is 1.44. The van der Waals surface area contributed by atoms with Gasteiger partial charge in [-0.25, -0.2) is 0 Å². The summed E-state index contributed by atoms with van der Waals surface area (Å²) in [5, 5.41) is 3.67. The molecule has 0 aliphatic rings. The Kier molecular flexibility index (Phi) is 3.84. The van der Waals surface area contributed by atoms with E-state index in [2.05, 4.69) is 91.0 Å². The molecule has 0 saturated carbocycles. The van der Waals surface area contributed by atoms with Gasteiger partial charge in [0.1, 0.15) is 11.3 Å². The van der Waals surface area contributed by atoms with E-state index in [0.29, 0.717) is 0 Å². The molecule has 0 radical (unpaired) electrons. The van der Waals surface area contributed by atoms with Gasteiger partial charge in [0.2, 0.25) is 0 Å². The molecule has 5 aromatic rings. The SMILES string of the molecule is C(=C\c1cccc2ccccc12)/c1ccc(-c2cc3ccccc3o2)cc1. The Morgan fingerprint density at radius 3 is 2.19 bits per heavy atom. The second-order valence-corrected chi connectivity index (χ2v) is 6.67. The van der Waals surface area contributed by atoms with Gasteiger partial charge in [-0.3, -0.25) is 0 Å². The van der Waals surface area contributed by atoms with Crippen LogP contribution in [0.25, 0.3) is 45.2 Å². The van der Waals surface area contributed by atoms with E-state index in [4.69, 9.17) is 4.42 Å². The summed E-state index contributed by atoms with van der Waals surface area (Å²) in [6.45, 7) is 0. The summed E-state index contributed by atoms with van der Waals surface area (Å²) in [4.78, 5) is 0. The molecule has 0 aliphatic carbocycles. The third kappa shape index (κ3) is 3.04. The van der Waals surface area contributed by atoms with Gasteiger partial charge in [-0.2, -0.15) is 0 Å². The van der Waals surface area contributed by atoms with Gasteiger partial charge in [0.05, 0.1) is 0 Å². The van der Waals surface area contributed by atoms with Crippen LogP contribution in [-0.2, 0) is 0 Å². The lowest BCUT2D eigenvalue weighted by Crippen LogP contribution is -1.78. The Morgan fingerprint density at radius 1 is 0.593 bits per heavy atom. The molecule has 0 spiro atoms. The smallest absolute Gasteiger partial charge is 0.135 e. The first-order valence-electron chi connectivity index (χ1n) is 9.12. The number of hydrogen-bond donors (Lipinski definition) is 0. The molecule has 1 heterocycles. The molecule has 1 aromatic heterocycles. The topological polar surface area (TPSA) is 13.1 Å². The zero-order valence-corrected chi connectivity index (χ0v) is 14.8. The number of fused-ring (bicyclic) bond motifs is 2. The number of para-hydroxylation sites is 1. The molecule has 5 rings (SSSR count). The second kappa shape index (κ2) is 6.62. The fourth-order valence-corrected chi connectivity index (χ4v) is 3.46. The number of furan rings is 1. The summed E-state index contributed by atoms with van der Waals surface area (Å²) in [7, 11) is 0. The Morgan fingerprint density at radius 2 is 1.33 bits per heavy atom. The first-order chi connectivity index (χ1) is 13.4. The molecule has 0 atom stereocenters. The van der Waals surface area contributed by atoms with E-state index in [1.54, 1.807) is 0 Å². The summed E-state index contributed by atoms with van der Waals surface area (Å²) < 4.78 is 5.95. The lowest BCUT2D eigenvalue weighted by molar-refractivity contribution is 0.631. The van der Waals surface area contributed by atoms with Gasteiger partial charge < -0.3 is 4.42 Å². The maximum atomic E-state index is 5.95. The molecule has 1 nitrogen and oxygen atoms in total. The van der Waals surface area contributed by atoms with E-state index >= 15 is 0 Å². The van der Waals surface area contributed by atoms with Crippen LogP contribution in [0.3, 0.4) is 0 Å². The molecule has 4 aromatic carbocycles. The van der Waals surface area contributed by atoms with Crippen molar-refractivity contribution in [3.8, 4) is 11.3 Å². The van der Waals surface area contributed by atoms with Gasteiger partial charge in [-0.05, 0) is 34.0 Å². The van der Waals surface area contributed by atoms with E-state index in [0.717, 1.165) is 22.3 Å². The van der Waals surface area contributed by atoms with Crippen LogP contribution in [0.15, 0.2) is 101 Å². The van der Waals surface area contributed by atoms with Crippen LogP contribution in [0.4, 0.5) is 0 Å². The molecule has 0 aliphatic heterocycles. The standard InChI is InChI=1S/C26H18O/c1-3-10-24-20(6-1)8-5-9-21(24)15-12-19-13-16-22(17-14-19)26-18-23-7-2-4-11-25(23)27-26/h1-18H/b15-12+. The third-order valence-electron chi connectivity index (χ3n) is 4.90. The number of hydrogen-bond acceptors (Lipinski definition) is 1. The zero-order valence-electron chi connectivity index (χ0n) is 14.8. The van der Waals surface area contributed by atoms with Gasteiger partial charge in [0, 0.05) is 10.9 Å². The van der Waals surface area contributed by atoms with Crippen LogP contribution in [0.5, 0.6) is 0 Å². The average molecular weight is 346 g/mol. The van der Waals surface area contributed by atoms with Gasteiger partial charge in [0.15, 0.2) is 0 Å². The molecule has 0 saturated heterocycles. The summed E-state index contributed by atoms with van der Waals surface area (Å²) in [6, 6.07) is 33.6. The molecule has 128 valence electrons. The highest BCUT2D eigenvalue weighted by atomic mass is 16.3. The minimum Gasteiger partial charge on any atom is -0.456 e. The lowest BCUT2D eigenvalue weighted by atomic mass is 10.0. The molecule has 0 N–H and O–H groups in total. The van der Waals surface area contributed by atoms with E-state index in [1.807, 2.05) is 18.2 Å². The maximum absolute atomic E-state index is 5.95. The molecule has 0 amide bonds. The average Bonchev–Trinajstić information content (AvgIpc) is 3.17. The van der Waals surface area contributed by atoms with Crippen LogP contribution < -0.4 is 0 Å². The largest absolute Gasteiger partial charge is 0.456 e. The Hall–Kier alpha value is -3.58. The Bertz CT molecular complexity index is 1220. The van der Waals surface area contributed by atoms with Crippen molar-refractivity contribution in [1.29, 1.82) is 0 Å². The van der Waals surface area contributed by atoms with Crippen LogP contribution >= 0.6 is 0 Å². The quantitative estimate of drug-likeness (QED) is 0.310. The number of rotatable bonds is 3. The molecule has 0 fully saturated rings. The van der Waals surface area contributed by atoms with Crippen LogP contribution in [0, 0.1) is 0 Å². The Labute approximate surface area is 158 Å². The van der Waals surface area contributed by atoms with Crippen LogP contribution in [0.1, 0.15) is 11.1 Å². The fraction of sp³-hybridized carbons (Fsp3) is 0. The molecule has 27 heavy (non-hydrogen) atoms. The summed E-state index contributed by atoms with van der Waals surface area (Å²) in [5.74, 6) is 0.904. The van der Waals surface area contributed by atoms with Crippen LogP contribution in [-0.4, -0.2) is 0 Å². The maximum Gasteiger partial charge on any atom is 0.135 e. The highest BCUT2D eigenvalue weighted by Crippen LogP contribution is 2.28.